The van der Waals surface area contributed by atoms with E-state index in [4.69, 9.17) is 5.26 Å². The minimum absolute atomic E-state index is 0.413. The van der Waals surface area contributed by atoms with Crippen LogP contribution in [0.25, 0.3) is 5.69 Å². The topological polar surface area (TPSA) is 41.6 Å². The summed E-state index contributed by atoms with van der Waals surface area (Å²) in [6.07, 6.45) is 4.01. The average molecular weight is 183 g/mol. The molecule has 1 aromatic carbocycles. The van der Waals surface area contributed by atoms with Crippen molar-refractivity contribution < 1.29 is 0 Å². The van der Waals surface area contributed by atoms with E-state index in [2.05, 4.69) is 11.2 Å². The molecule has 0 spiro atoms. The van der Waals surface area contributed by atoms with Crippen LogP contribution in [0.2, 0.25) is 0 Å². The van der Waals surface area contributed by atoms with Gasteiger partial charge in [-0.3, -0.25) is 0 Å². The van der Waals surface area contributed by atoms with Crippen molar-refractivity contribution in [2.45, 2.75) is 6.42 Å². The summed E-state index contributed by atoms with van der Waals surface area (Å²) in [5.74, 6) is 0. The van der Waals surface area contributed by atoms with E-state index in [0.29, 0.717) is 6.42 Å². The van der Waals surface area contributed by atoms with Crippen molar-refractivity contribution in [3.8, 4) is 11.8 Å². The molecule has 2 rings (SSSR count). The quantitative estimate of drug-likeness (QED) is 0.713. The normalized spacial score (nSPS) is 9.64. The van der Waals surface area contributed by atoms with Crippen LogP contribution in [0.1, 0.15) is 5.56 Å². The van der Waals surface area contributed by atoms with Crippen molar-refractivity contribution in [1.29, 1.82) is 5.26 Å². The van der Waals surface area contributed by atoms with Crippen molar-refractivity contribution in [1.82, 2.24) is 9.78 Å². The highest BCUT2D eigenvalue weighted by atomic mass is 15.3. The van der Waals surface area contributed by atoms with Crippen molar-refractivity contribution >= 4 is 0 Å². The van der Waals surface area contributed by atoms with Crippen LogP contribution in [0.5, 0.6) is 0 Å². The van der Waals surface area contributed by atoms with Gasteiger partial charge >= 0.3 is 0 Å². The van der Waals surface area contributed by atoms with E-state index in [9.17, 15) is 0 Å². The van der Waals surface area contributed by atoms with E-state index in [0.717, 1.165) is 11.3 Å². The molecule has 3 heteroatoms. The molecule has 3 nitrogen and oxygen atoms in total. The third kappa shape index (κ3) is 1.50. The van der Waals surface area contributed by atoms with Gasteiger partial charge in [0, 0.05) is 12.4 Å². The number of para-hydroxylation sites is 1. The zero-order valence-electron chi connectivity index (χ0n) is 7.59. The second-order valence-corrected chi connectivity index (χ2v) is 2.91. The summed E-state index contributed by atoms with van der Waals surface area (Å²) in [4.78, 5) is 0. The molecule has 2 aromatic rings. The molecular weight excluding hydrogens is 174 g/mol. The van der Waals surface area contributed by atoms with Gasteiger partial charge < -0.3 is 0 Å². The maximum atomic E-state index is 8.66. The highest BCUT2D eigenvalue weighted by Crippen LogP contribution is 2.13. The van der Waals surface area contributed by atoms with Crippen LogP contribution in [0, 0.1) is 11.3 Å². The first-order valence-corrected chi connectivity index (χ1v) is 4.36. The lowest BCUT2D eigenvalue weighted by Crippen LogP contribution is -1.98. The van der Waals surface area contributed by atoms with Crippen molar-refractivity contribution in [3.05, 3.63) is 48.3 Å². The number of hydrogen-bond donors (Lipinski definition) is 0. The zero-order valence-corrected chi connectivity index (χ0v) is 7.59. The maximum Gasteiger partial charge on any atom is 0.0687 e. The summed E-state index contributed by atoms with van der Waals surface area (Å²) in [5.41, 5.74) is 1.97. The average Bonchev–Trinajstić information content (AvgIpc) is 2.72. The summed E-state index contributed by atoms with van der Waals surface area (Å²) >= 11 is 0. The Bertz CT molecular complexity index is 452. The van der Waals surface area contributed by atoms with E-state index in [1.54, 1.807) is 10.9 Å². The molecule has 0 amide bonds. The fraction of sp³-hybridized carbons (Fsp3) is 0.0909. The van der Waals surface area contributed by atoms with Gasteiger partial charge in [0.2, 0.25) is 0 Å². The maximum absolute atomic E-state index is 8.66. The smallest absolute Gasteiger partial charge is 0.0687 e. The molecule has 0 unspecified atom stereocenters. The first-order chi connectivity index (χ1) is 6.92. The van der Waals surface area contributed by atoms with Crippen molar-refractivity contribution in [2.24, 2.45) is 0 Å². The number of aromatic nitrogens is 2. The standard InChI is InChI=1S/C11H9N3/c12-7-6-10-4-1-2-5-11(10)14-9-3-8-13-14/h1-5,8-9H,6H2. The van der Waals surface area contributed by atoms with E-state index >= 15 is 0 Å². The Labute approximate surface area is 82.2 Å². The highest BCUT2D eigenvalue weighted by Gasteiger charge is 2.02. The van der Waals surface area contributed by atoms with E-state index in [1.165, 1.54) is 0 Å². The lowest BCUT2D eigenvalue weighted by molar-refractivity contribution is 0.868. The summed E-state index contributed by atoms with van der Waals surface area (Å²) in [5, 5.41) is 12.8. The minimum atomic E-state index is 0.413. The molecule has 0 bridgehead atoms. The van der Waals surface area contributed by atoms with Crippen molar-refractivity contribution in [3.63, 3.8) is 0 Å². The number of nitriles is 1. The summed E-state index contributed by atoms with van der Waals surface area (Å²) in [7, 11) is 0. The monoisotopic (exact) mass is 183 g/mol. The number of rotatable bonds is 2. The fourth-order valence-corrected chi connectivity index (χ4v) is 1.38. The van der Waals surface area contributed by atoms with Gasteiger partial charge in [0.15, 0.2) is 0 Å². The van der Waals surface area contributed by atoms with E-state index < -0.39 is 0 Å². The van der Waals surface area contributed by atoms with Crippen LogP contribution in [0.4, 0.5) is 0 Å². The Hall–Kier alpha value is -2.08. The Balaban J connectivity index is 2.48. The molecule has 0 radical (unpaired) electrons. The Kier molecular flexibility index (Phi) is 2.28. The number of nitrogens with zero attached hydrogens (tertiary/aromatic N) is 3. The summed E-state index contributed by atoms with van der Waals surface area (Å²) in [6.45, 7) is 0. The molecule has 0 saturated heterocycles. The van der Waals surface area contributed by atoms with Crippen LogP contribution < -0.4 is 0 Å². The molecule has 0 saturated carbocycles. The predicted octanol–water partition coefficient (Wildman–Crippen LogP) is 1.94. The molecule has 68 valence electrons. The van der Waals surface area contributed by atoms with Gasteiger partial charge in [-0.15, -0.1) is 0 Å². The molecule has 1 aromatic heterocycles. The van der Waals surface area contributed by atoms with Crippen LogP contribution >= 0.6 is 0 Å². The van der Waals surface area contributed by atoms with Gasteiger partial charge in [0.05, 0.1) is 18.2 Å². The lowest BCUT2D eigenvalue weighted by Gasteiger charge is -2.05. The predicted molar refractivity (Wildman–Crippen MR) is 52.9 cm³/mol. The second kappa shape index (κ2) is 3.75. The van der Waals surface area contributed by atoms with E-state index in [-0.39, 0.29) is 0 Å². The Morgan fingerprint density at radius 3 is 2.86 bits per heavy atom. The molecule has 0 atom stereocenters. The molecule has 0 aliphatic heterocycles. The molecule has 0 aliphatic rings. The van der Waals surface area contributed by atoms with Crippen molar-refractivity contribution in [2.75, 3.05) is 0 Å². The van der Waals surface area contributed by atoms with Gasteiger partial charge in [-0.1, -0.05) is 18.2 Å². The van der Waals surface area contributed by atoms with Gasteiger partial charge in [-0.25, -0.2) is 4.68 Å². The molecular formula is C11H9N3. The molecule has 1 heterocycles. The van der Waals surface area contributed by atoms with Gasteiger partial charge in [0.1, 0.15) is 0 Å². The first-order valence-electron chi connectivity index (χ1n) is 4.36. The molecule has 14 heavy (non-hydrogen) atoms. The van der Waals surface area contributed by atoms with Crippen LogP contribution in [0.15, 0.2) is 42.7 Å². The first kappa shape index (κ1) is 8.52. The third-order valence-corrected chi connectivity index (χ3v) is 2.01. The van der Waals surface area contributed by atoms with Gasteiger partial charge in [-0.2, -0.15) is 10.4 Å². The van der Waals surface area contributed by atoms with Gasteiger partial charge in [0.25, 0.3) is 0 Å². The Morgan fingerprint density at radius 2 is 2.14 bits per heavy atom. The molecule has 0 N–H and O–H groups in total. The molecule has 0 aliphatic carbocycles. The number of hydrogen-bond acceptors (Lipinski definition) is 2. The van der Waals surface area contributed by atoms with Crippen LogP contribution in [-0.2, 0) is 6.42 Å². The minimum Gasteiger partial charge on any atom is -0.241 e. The summed E-state index contributed by atoms with van der Waals surface area (Å²) < 4.78 is 1.77. The third-order valence-electron chi connectivity index (χ3n) is 2.01. The highest BCUT2D eigenvalue weighted by molar-refractivity contribution is 5.41. The van der Waals surface area contributed by atoms with Crippen LogP contribution in [0.3, 0.4) is 0 Å². The Morgan fingerprint density at radius 1 is 1.29 bits per heavy atom. The summed E-state index contributed by atoms with van der Waals surface area (Å²) in [6, 6.07) is 11.8. The number of benzene rings is 1. The lowest BCUT2D eigenvalue weighted by atomic mass is 10.1. The molecule has 0 fully saturated rings. The largest absolute Gasteiger partial charge is 0.241 e. The van der Waals surface area contributed by atoms with E-state index in [1.807, 2.05) is 36.5 Å². The fourth-order valence-electron chi connectivity index (χ4n) is 1.38. The van der Waals surface area contributed by atoms with Crippen LogP contribution in [-0.4, -0.2) is 9.78 Å². The van der Waals surface area contributed by atoms with Gasteiger partial charge in [-0.05, 0) is 17.7 Å². The zero-order chi connectivity index (χ0) is 9.80. The second-order valence-electron chi connectivity index (χ2n) is 2.91. The SMILES string of the molecule is N#CCc1ccccc1-n1cccn1.